The fraction of sp³-hybridized carbons (Fsp3) is 0.533. The average molecular weight is 245 g/mol. The molecule has 0 bridgehead atoms. The zero-order chi connectivity index (χ0) is 11.7. The van der Waals surface area contributed by atoms with Crippen molar-refractivity contribution in [1.29, 1.82) is 0 Å². The highest BCUT2D eigenvalue weighted by Gasteiger charge is 2.29. The molecule has 1 heterocycles. The van der Waals surface area contributed by atoms with Crippen LogP contribution in [-0.4, -0.2) is 16.8 Å². The Morgan fingerprint density at radius 3 is 2.71 bits per heavy atom. The van der Waals surface area contributed by atoms with Gasteiger partial charge in [-0.2, -0.15) is 0 Å². The lowest BCUT2D eigenvalue weighted by molar-refractivity contribution is 0.336. The molecular weight excluding hydrogens is 226 g/mol. The molecule has 1 aromatic rings. The molecule has 1 saturated carbocycles. The summed E-state index contributed by atoms with van der Waals surface area (Å²) in [5.41, 5.74) is 2.63. The summed E-state index contributed by atoms with van der Waals surface area (Å²) < 4.78 is 0. The Kier molecular flexibility index (Phi) is 3.24. The molecule has 1 aromatic carbocycles. The first kappa shape index (κ1) is 11.3. The predicted molar refractivity (Wildman–Crippen MR) is 75.9 cm³/mol. The number of hydrogen-bond acceptors (Lipinski definition) is 2. The van der Waals surface area contributed by atoms with E-state index in [4.69, 9.17) is 4.99 Å². The van der Waals surface area contributed by atoms with Crippen molar-refractivity contribution >= 4 is 16.8 Å². The Bertz CT molecular complexity index is 421. The van der Waals surface area contributed by atoms with E-state index in [1.165, 1.54) is 47.6 Å². The number of thioether (sulfide) groups is 1. The minimum atomic E-state index is 0.612. The van der Waals surface area contributed by atoms with E-state index in [1.54, 1.807) is 0 Å². The quantitative estimate of drug-likeness (QED) is 0.727. The number of aryl methyl sites for hydroxylation is 1. The zero-order valence-electron chi connectivity index (χ0n) is 10.4. The molecule has 0 amide bonds. The van der Waals surface area contributed by atoms with Crippen molar-refractivity contribution < 1.29 is 0 Å². The summed E-state index contributed by atoms with van der Waals surface area (Å²) in [6, 6.07) is 9.41. The maximum Gasteiger partial charge on any atom is 0.0980 e. The van der Waals surface area contributed by atoms with Gasteiger partial charge in [0.1, 0.15) is 0 Å². The van der Waals surface area contributed by atoms with Crippen LogP contribution < -0.4 is 0 Å². The van der Waals surface area contributed by atoms with E-state index in [0.29, 0.717) is 6.04 Å². The number of rotatable bonds is 1. The van der Waals surface area contributed by atoms with Crippen molar-refractivity contribution in [3.05, 3.63) is 35.4 Å². The molecule has 17 heavy (non-hydrogen) atoms. The topological polar surface area (TPSA) is 12.4 Å². The van der Waals surface area contributed by atoms with Gasteiger partial charge in [-0.25, -0.2) is 0 Å². The van der Waals surface area contributed by atoms with Crippen molar-refractivity contribution in [1.82, 2.24) is 0 Å². The third kappa shape index (κ3) is 2.42. The monoisotopic (exact) mass is 245 g/mol. The van der Waals surface area contributed by atoms with Gasteiger partial charge in [0.15, 0.2) is 0 Å². The predicted octanol–water partition coefficient (Wildman–Crippen LogP) is 4.05. The van der Waals surface area contributed by atoms with Crippen LogP contribution in [0.2, 0.25) is 0 Å². The number of benzene rings is 1. The van der Waals surface area contributed by atoms with Gasteiger partial charge in [-0.05, 0) is 25.7 Å². The van der Waals surface area contributed by atoms with Crippen LogP contribution in [0.1, 0.15) is 36.8 Å². The first-order valence-corrected chi connectivity index (χ1v) is 7.59. The van der Waals surface area contributed by atoms with Crippen molar-refractivity contribution in [3.63, 3.8) is 0 Å². The van der Waals surface area contributed by atoms with Crippen molar-refractivity contribution in [2.75, 3.05) is 5.75 Å². The van der Waals surface area contributed by atoms with Gasteiger partial charge in [-0.15, -0.1) is 11.8 Å². The van der Waals surface area contributed by atoms with Gasteiger partial charge < -0.3 is 0 Å². The summed E-state index contributed by atoms with van der Waals surface area (Å²) in [5, 5.41) is 1.27. The number of fused-ring (bicyclic) bond motifs is 1. The van der Waals surface area contributed by atoms with E-state index >= 15 is 0 Å². The molecule has 0 saturated heterocycles. The Morgan fingerprint density at radius 2 is 1.88 bits per heavy atom. The second-order valence-electron chi connectivity index (χ2n) is 5.22. The smallest absolute Gasteiger partial charge is 0.0980 e. The van der Waals surface area contributed by atoms with Crippen molar-refractivity contribution in [3.8, 4) is 0 Å². The summed E-state index contributed by atoms with van der Waals surface area (Å²) in [6.45, 7) is 2.14. The lowest BCUT2D eigenvalue weighted by atomic mass is 9.86. The van der Waals surface area contributed by atoms with Crippen LogP contribution in [0.15, 0.2) is 29.3 Å². The van der Waals surface area contributed by atoms with Crippen molar-refractivity contribution in [2.24, 2.45) is 10.9 Å². The normalized spacial score (nSPS) is 28.4. The number of aliphatic imine (C=N–C) groups is 1. The molecule has 0 spiro atoms. The van der Waals surface area contributed by atoms with Gasteiger partial charge in [-0.1, -0.05) is 42.7 Å². The summed E-state index contributed by atoms with van der Waals surface area (Å²) >= 11 is 1.96. The van der Waals surface area contributed by atoms with E-state index in [2.05, 4.69) is 31.2 Å². The van der Waals surface area contributed by atoms with E-state index in [1.807, 2.05) is 11.8 Å². The van der Waals surface area contributed by atoms with Gasteiger partial charge >= 0.3 is 0 Å². The zero-order valence-corrected chi connectivity index (χ0v) is 11.2. The molecule has 90 valence electrons. The van der Waals surface area contributed by atoms with Crippen LogP contribution >= 0.6 is 11.8 Å². The number of hydrogen-bond donors (Lipinski definition) is 0. The second kappa shape index (κ2) is 4.85. The molecule has 1 aliphatic heterocycles. The minimum Gasteiger partial charge on any atom is -0.274 e. The summed E-state index contributed by atoms with van der Waals surface area (Å²) in [5.74, 6) is 2.13. The Labute approximate surface area is 108 Å². The highest BCUT2D eigenvalue weighted by atomic mass is 32.2. The van der Waals surface area contributed by atoms with Crippen LogP contribution in [0.25, 0.3) is 0 Å². The maximum absolute atomic E-state index is 4.98. The summed E-state index contributed by atoms with van der Waals surface area (Å²) in [4.78, 5) is 4.98. The standard InChI is InChI=1S/C15H19NS/c1-11-6-8-12(9-7-11)15-16-14-5-3-2-4-13(14)10-17-15/h6-9,13-14H,2-5,10H2,1H3/t13-,14+/m1/s1. The molecular formula is C15H19NS. The highest BCUT2D eigenvalue weighted by molar-refractivity contribution is 8.14. The number of nitrogens with zero attached hydrogens (tertiary/aromatic N) is 1. The molecule has 2 heteroatoms. The van der Waals surface area contributed by atoms with E-state index in [-0.39, 0.29) is 0 Å². The van der Waals surface area contributed by atoms with E-state index < -0.39 is 0 Å². The molecule has 1 aliphatic carbocycles. The molecule has 0 aromatic heterocycles. The maximum atomic E-state index is 4.98. The summed E-state index contributed by atoms with van der Waals surface area (Å²) in [6.07, 6.45) is 5.48. The molecule has 0 N–H and O–H groups in total. The summed E-state index contributed by atoms with van der Waals surface area (Å²) in [7, 11) is 0. The molecule has 0 unspecified atom stereocenters. The Hall–Kier alpha value is -0.760. The van der Waals surface area contributed by atoms with Crippen LogP contribution in [-0.2, 0) is 0 Å². The molecule has 0 radical (unpaired) electrons. The third-order valence-electron chi connectivity index (χ3n) is 3.88. The molecule has 2 atom stereocenters. The second-order valence-corrected chi connectivity index (χ2v) is 6.23. The molecule has 3 rings (SSSR count). The van der Waals surface area contributed by atoms with Crippen LogP contribution in [0, 0.1) is 12.8 Å². The lowest BCUT2D eigenvalue weighted by Gasteiger charge is -2.32. The molecule has 1 fully saturated rings. The van der Waals surface area contributed by atoms with Crippen LogP contribution in [0.4, 0.5) is 0 Å². The Morgan fingerprint density at radius 1 is 1.12 bits per heavy atom. The van der Waals surface area contributed by atoms with E-state index in [0.717, 1.165) is 5.92 Å². The third-order valence-corrected chi connectivity index (χ3v) is 5.09. The van der Waals surface area contributed by atoms with Crippen molar-refractivity contribution in [2.45, 2.75) is 38.6 Å². The van der Waals surface area contributed by atoms with Crippen LogP contribution in [0.5, 0.6) is 0 Å². The fourth-order valence-corrected chi connectivity index (χ4v) is 4.05. The fourth-order valence-electron chi connectivity index (χ4n) is 2.78. The first-order chi connectivity index (χ1) is 8.33. The van der Waals surface area contributed by atoms with Crippen LogP contribution in [0.3, 0.4) is 0 Å². The first-order valence-electron chi connectivity index (χ1n) is 6.60. The van der Waals surface area contributed by atoms with E-state index in [9.17, 15) is 0 Å². The Balaban J connectivity index is 1.84. The minimum absolute atomic E-state index is 0.612. The highest BCUT2D eigenvalue weighted by Crippen LogP contribution is 2.35. The average Bonchev–Trinajstić information content (AvgIpc) is 2.39. The van der Waals surface area contributed by atoms with Gasteiger partial charge in [0.25, 0.3) is 0 Å². The van der Waals surface area contributed by atoms with Gasteiger partial charge in [0.05, 0.1) is 11.1 Å². The van der Waals surface area contributed by atoms with Gasteiger partial charge in [-0.3, -0.25) is 4.99 Å². The molecule has 1 nitrogen and oxygen atoms in total. The lowest BCUT2D eigenvalue weighted by Crippen LogP contribution is -2.30. The molecule has 2 aliphatic rings. The van der Waals surface area contributed by atoms with Gasteiger partial charge in [0, 0.05) is 11.3 Å². The SMILES string of the molecule is Cc1ccc(C2=N[C@H]3CCCC[C@@H]3CS2)cc1. The largest absolute Gasteiger partial charge is 0.274 e. The van der Waals surface area contributed by atoms with Gasteiger partial charge in [0.2, 0.25) is 0 Å².